The molecule has 0 saturated heterocycles. The van der Waals surface area contributed by atoms with Gasteiger partial charge in [0.2, 0.25) is 0 Å². The smallest absolute Gasteiger partial charge is 0.118 e. The SMILES string of the molecule is Cc1oc(CNC(C)(C)C)cc1CN(C)C(C)C. The van der Waals surface area contributed by atoms with Crippen molar-refractivity contribution in [3.05, 3.63) is 23.2 Å². The van der Waals surface area contributed by atoms with Crippen molar-refractivity contribution in [1.82, 2.24) is 10.2 Å². The molecule has 3 nitrogen and oxygen atoms in total. The van der Waals surface area contributed by atoms with Crippen LogP contribution in [0.25, 0.3) is 0 Å². The molecule has 0 radical (unpaired) electrons. The molecule has 0 spiro atoms. The second-order valence-electron chi connectivity index (χ2n) is 6.41. The molecule has 0 aromatic carbocycles. The lowest BCUT2D eigenvalue weighted by atomic mass is 10.1. The summed E-state index contributed by atoms with van der Waals surface area (Å²) in [6.07, 6.45) is 0. The van der Waals surface area contributed by atoms with Gasteiger partial charge in [-0.05, 0) is 54.7 Å². The third-order valence-electron chi connectivity index (χ3n) is 3.17. The highest BCUT2D eigenvalue weighted by Gasteiger charge is 2.14. The summed E-state index contributed by atoms with van der Waals surface area (Å²) in [5.41, 5.74) is 1.41. The predicted molar refractivity (Wildman–Crippen MR) is 76.6 cm³/mol. The largest absolute Gasteiger partial charge is 0.465 e. The van der Waals surface area contributed by atoms with Crippen LogP contribution >= 0.6 is 0 Å². The van der Waals surface area contributed by atoms with E-state index in [1.807, 2.05) is 6.92 Å². The maximum Gasteiger partial charge on any atom is 0.118 e. The highest BCUT2D eigenvalue weighted by molar-refractivity contribution is 5.20. The zero-order valence-electron chi connectivity index (χ0n) is 12.9. The minimum atomic E-state index is 0.121. The van der Waals surface area contributed by atoms with Gasteiger partial charge in [-0.3, -0.25) is 4.90 Å². The summed E-state index contributed by atoms with van der Waals surface area (Å²) in [5, 5.41) is 3.45. The Balaban J connectivity index is 2.64. The monoisotopic (exact) mass is 252 g/mol. The maximum atomic E-state index is 5.80. The first kappa shape index (κ1) is 15.3. The second-order valence-corrected chi connectivity index (χ2v) is 6.41. The highest BCUT2D eigenvalue weighted by atomic mass is 16.3. The number of nitrogens with zero attached hydrogens (tertiary/aromatic N) is 1. The summed E-state index contributed by atoms with van der Waals surface area (Å²) in [6.45, 7) is 14.7. The first-order valence-corrected chi connectivity index (χ1v) is 6.72. The molecule has 0 unspecified atom stereocenters. The molecule has 1 aromatic rings. The summed E-state index contributed by atoms with van der Waals surface area (Å²) in [5.74, 6) is 2.06. The Bertz CT molecular complexity index is 374. The van der Waals surface area contributed by atoms with Crippen LogP contribution in [-0.4, -0.2) is 23.5 Å². The predicted octanol–water partition coefficient (Wildman–Crippen LogP) is 3.32. The molecule has 3 heteroatoms. The van der Waals surface area contributed by atoms with E-state index in [4.69, 9.17) is 4.42 Å². The van der Waals surface area contributed by atoms with Gasteiger partial charge < -0.3 is 9.73 Å². The number of aryl methyl sites for hydroxylation is 1. The molecule has 0 aliphatic carbocycles. The van der Waals surface area contributed by atoms with E-state index >= 15 is 0 Å². The van der Waals surface area contributed by atoms with E-state index < -0.39 is 0 Å². The molecule has 1 rings (SSSR count). The van der Waals surface area contributed by atoms with E-state index in [1.165, 1.54) is 5.56 Å². The fourth-order valence-corrected chi connectivity index (χ4v) is 1.64. The standard InChI is InChI=1S/C15H28N2O/c1-11(2)17(7)10-13-8-14(18-12(13)3)9-16-15(4,5)6/h8,11,16H,9-10H2,1-7H3. The van der Waals surface area contributed by atoms with Crippen LogP contribution < -0.4 is 5.32 Å². The summed E-state index contributed by atoms with van der Waals surface area (Å²) in [7, 11) is 2.14. The van der Waals surface area contributed by atoms with Gasteiger partial charge in [0, 0.05) is 23.7 Å². The molecule has 1 heterocycles. The van der Waals surface area contributed by atoms with Gasteiger partial charge in [0.15, 0.2) is 0 Å². The number of nitrogens with one attached hydrogen (secondary N) is 1. The van der Waals surface area contributed by atoms with Crippen molar-refractivity contribution >= 4 is 0 Å². The van der Waals surface area contributed by atoms with Crippen molar-refractivity contribution in [3.8, 4) is 0 Å². The average Bonchev–Trinajstić information content (AvgIpc) is 2.55. The van der Waals surface area contributed by atoms with Gasteiger partial charge in [-0.25, -0.2) is 0 Å². The molecule has 0 saturated carbocycles. The van der Waals surface area contributed by atoms with E-state index in [1.54, 1.807) is 0 Å². The van der Waals surface area contributed by atoms with Gasteiger partial charge in [0.25, 0.3) is 0 Å². The van der Waals surface area contributed by atoms with Crippen molar-refractivity contribution in [2.75, 3.05) is 7.05 Å². The van der Waals surface area contributed by atoms with E-state index in [0.29, 0.717) is 6.04 Å². The van der Waals surface area contributed by atoms with E-state index in [0.717, 1.165) is 24.6 Å². The van der Waals surface area contributed by atoms with Gasteiger partial charge >= 0.3 is 0 Å². The Labute approximate surface area is 112 Å². The zero-order valence-corrected chi connectivity index (χ0v) is 12.9. The van der Waals surface area contributed by atoms with Crippen molar-refractivity contribution in [2.24, 2.45) is 0 Å². The summed E-state index contributed by atoms with van der Waals surface area (Å²) >= 11 is 0. The maximum absolute atomic E-state index is 5.80. The number of hydrogen-bond acceptors (Lipinski definition) is 3. The molecule has 0 bridgehead atoms. The average molecular weight is 252 g/mol. The summed E-state index contributed by atoms with van der Waals surface area (Å²) in [4.78, 5) is 2.32. The van der Waals surface area contributed by atoms with Crippen LogP contribution in [0.4, 0.5) is 0 Å². The lowest BCUT2D eigenvalue weighted by molar-refractivity contribution is 0.264. The van der Waals surface area contributed by atoms with Gasteiger partial charge in [-0.1, -0.05) is 0 Å². The molecule has 0 aliphatic rings. The Morgan fingerprint density at radius 3 is 2.44 bits per heavy atom. The third kappa shape index (κ3) is 4.83. The number of furan rings is 1. The van der Waals surface area contributed by atoms with Crippen LogP contribution in [0, 0.1) is 6.92 Å². The molecular formula is C15H28N2O. The van der Waals surface area contributed by atoms with Gasteiger partial charge in [0.1, 0.15) is 11.5 Å². The van der Waals surface area contributed by atoms with Crippen molar-refractivity contribution in [2.45, 2.75) is 66.2 Å². The quantitative estimate of drug-likeness (QED) is 0.871. The Morgan fingerprint density at radius 1 is 1.33 bits per heavy atom. The third-order valence-corrected chi connectivity index (χ3v) is 3.17. The molecule has 1 N–H and O–H groups in total. The van der Waals surface area contributed by atoms with Crippen molar-refractivity contribution in [3.63, 3.8) is 0 Å². The molecule has 0 amide bonds. The van der Waals surface area contributed by atoms with Gasteiger partial charge in [0.05, 0.1) is 6.54 Å². The first-order valence-electron chi connectivity index (χ1n) is 6.72. The Morgan fingerprint density at radius 2 is 1.94 bits per heavy atom. The molecular weight excluding hydrogens is 224 g/mol. The van der Waals surface area contributed by atoms with Crippen LogP contribution in [0.15, 0.2) is 10.5 Å². The van der Waals surface area contributed by atoms with Gasteiger partial charge in [-0.15, -0.1) is 0 Å². The molecule has 1 aromatic heterocycles. The second kappa shape index (κ2) is 5.89. The van der Waals surface area contributed by atoms with E-state index in [2.05, 4.69) is 57.9 Å². The summed E-state index contributed by atoms with van der Waals surface area (Å²) < 4.78 is 5.80. The summed E-state index contributed by atoms with van der Waals surface area (Å²) in [6, 6.07) is 2.72. The highest BCUT2D eigenvalue weighted by Crippen LogP contribution is 2.17. The van der Waals surface area contributed by atoms with Crippen molar-refractivity contribution in [1.29, 1.82) is 0 Å². The Kier molecular flexibility index (Phi) is 5.00. The van der Waals surface area contributed by atoms with Gasteiger partial charge in [-0.2, -0.15) is 0 Å². The lowest BCUT2D eigenvalue weighted by Crippen LogP contribution is -2.34. The number of rotatable bonds is 5. The normalized spacial score (nSPS) is 12.7. The first-order chi connectivity index (χ1) is 8.19. The van der Waals surface area contributed by atoms with Crippen LogP contribution in [0.3, 0.4) is 0 Å². The molecule has 104 valence electrons. The molecule has 0 aliphatic heterocycles. The minimum absolute atomic E-state index is 0.121. The van der Waals surface area contributed by atoms with E-state index in [9.17, 15) is 0 Å². The fourth-order valence-electron chi connectivity index (χ4n) is 1.64. The van der Waals surface area contributed by atoms with Crippen molar-refractivity contribution < 1.29 is 4.42 Å². The topological polar surface area (TPSA) is 28.4 Å². The molecule has 18 heavy (non-hydrogen) atoms. The molecule has 0 fully saturated rings. The van der Waals surface area contributed by atoms with Crippen LogP contribution in [-0.2, 0) is 13.1 Å². The Hall–Kier alpha value is -0.800. The minimum Gasteiger partial charge on any atom is -0.465 e. The van der Waals surface area contributed by atoms with E-state index in [-0.39, 0.29) is 5.54 Å². The molecule has 0 atom stereocenters. The van der Waals surface area contributed by atoms with Crippen LogP contribution in [0.2, 0.25) is 0 Å². The fraction of sp³-hybridized carbons (Fsp3) is 0.733. The van der Waals surface area contributed by atoms with Crippen LogP contribution in [0.5, 0.6) is 0 Å². The zero-order chi connectivity index (χ0) is 13.9. The van der Waals surface area contributed by atoms with Crippen LogP contribution in [0.1, 0.15) is 51.7 Å². The lowest BCUT2D eigenvalue weighted by Gasteiger charge is -2.20. The number of hydrogen-bond donors (Lipinski definition) is 1.